The molecule has 5 nitrogen and oxygen atoms in total. The maximum absolute atomic E-state index is 12.9. The van der Waals surface area contributed by atoms with E-state index in [-0.39, 0.29) is 17.7 Å². The third-order valence-corrected chi connectivity index (χ3v) is 5.34. The summed E-state index contributed by atoms with van der Waals surface area (Å²) < 4.78 is 5.76. The molecule has 0 saturated carbocycles. The fraction of sp³-hybridized carbons (Fsp3) is 0.381. The molecule has 0 fully saturated rings. The standard InChI is InChI=1S/C21H25ClN2O3/c1-4-23(3)14(2)21(26)24-8-9-27-20-17(13-24)10-16(12-19(20)25)15-6-5-7-18(22)11-15/h5-7,10-12,14,25H,4,8-9,13H2,1-3H3/t14-/m0/s1. The summed E-state index contributed by atoms with van der Waals surface area (Å²) in [6, 6.07) is 10.9. The van der Waals surface area contributed by atoms with E-state index in [1.54, 1.807) is 11.0 Å². The first kappa shape index (κ1) is 19.5. The summed E-state index contributed by atoms with van der Waals surface area (Å²) in [6.45, 7) is 5.98. The molecule has 0 spiro atoms. The van der Waals surface area contributed by atoms with Crippen molar-refractivity contribution in [1.29, 1.82) is 0 Å². The molecule has 0 bridgehead atoms. The number of hydrogen-bond acceptors (Lipinski definition) is 4. The summed E-state index contributed by atoms with van der Waals surface area (Å²) in [5.41, 5.74) is 2.54. The van der Waals surface area contributed by atoms with Gasteiger partial charge in [0.2, 0.25) is 5.91 Å². The smallest absolute Gasteiger partial charge is 0.240 e. The van der Waals surface area contributed by atoms with Gasteiger partial charge in [-0.1, -0.05) is 30.7 Å². The molecule has 1 aliphatic heterocycles. The van der Waals surface area contributed by atoms with E-state index in [4.69, 9.17) is 16.3 Å². The van der Waals surface area contributed by atoms with E-state index >= 15 is 0 Å². The zero-order valence-electron chi connectivity index (χ0n) is 15.9. The van der Waals surface area contributed by atoms with E-state index in [0.29, 0.717) is 30.5 Å². The van der Waals surface area contributed by atoms with Gasteiger partial charge in [0.25, 0.3) is 0 Å². The Morgan fingerprint density at radius 3 is 2.81 bits per heavy atom. The van der Waals surface area contributed by atoms with Gasteiger partial charge >= 0.3 is 0 Å². The Morgan fingerprint density at radius 2 is 2.11 bits per heavy atom. The average molecular weight is 389 g/mol. The summed E-state index contributed by atoms with van der Waals surface area (Å²) in [6.07, 6.45) is 0. The molecule has 144 valence electrons. The minimum absolute atomic E-state index is 0.0587. The van der Waals surface area contributed by atoms with Crippen LogP contribution in [-0.2, 0) is 11.3 Å². The molecule has 0 saturated heterocycles. The fourth-order valence-electron chi connectivity index (χ4n) is 3.25. The summed E-state index contributed by atoms with van der Waals surface area (Å²) in [7, 11) is 1.94. The number of amides is 1. The van der Waals surface area contributed by atoms with Gasteiger partial charge in [-0.05, 0) is 55.9 Å². The Balaban J connectivity index is 1.93. The van der Waals surface area contributed by atoms with Crippen molar-refractivity contribution in [3.8, 4) is 22.6 Å². The quantitative estimate of drug-likeness (QED) is 0.866. The maximum Gasteiger partial charge on any atom is 0.240 e. The summed E-state index contributed by atoms with van der Waals surface area (Å²) in [5.74, 6) is 0.589. The van der Waals surface area contributed by atoms with Crippen LogP contribution in [0.25, 0.3) is 11.1 Å². The maximum atomic E-state index is 12.9. The van der Waals surface area contributed by atoms with Gasteiger partial charge in [-0.15, -0.1) is 0 Å². The van der Waals surface area contributed by atoms with Gasteiger partial charge in [0.05, 0.1) is 12.6 Å². The van der Waals surface area contributed by atoms with Crippen LogP contribution in [-0.4, -0.2) is 53.6 Å². The Kier molecular flexibility index (Phi) is 5.92. The molecule has 3 rings (SSSR count). The Bertz CT molecular complexity index is 840. The van der Waals surface area contributed by atoms with Crippen molar-refractivity contribution in [2.75, 3.05) is 26.7 Å². The number of nitrogens with zero attached hydrogens (tertiary/aromatic N) is 2. The number of likely N-dealkylation sites (N-methyl/N-ethyl adjacent to an activating group) is 1. The van der Waals surface area contributed by atoms with Gasteiger partial charge in [0, 0.05) is 17.1 Å². The highest BCUT2D eigenvalue weighted by atomic mass is 35.5. The van der Waals surface area contributed by atoms with Crippen molar-refractivity contribution >= 4 is 17.5 Å². The van der Waals surface area contributed by atoms with Crippen LogP contribution in [0, 0.1) is 0 Å². The van der Waals surface area contributed by atoms with E-state index in [0.717, 1.165) is 23.2 Å². The minimum Gasteiger partial charge on any atom is -0.504 e. The first-order chi connectivity index (χ1) is 12.9. The number of carbonyl (C=O) groups excluding carboxylic acids is 1. The van der Waals surface area contributed by atoms with Crippen LogP contribution >= 0.6 is 11.6 Å². The van der Waals surface area contributed by atoms with Crippen molar-refractivity contribution in [2.45, 2.75) is 26.4 Å². The number of halogens is 1. The van der Waals surface area contributed by atoms with E-state index < -0.39 is 0 Å². The molecule has 2 aromatic carbocycles. The van der Waals surface area contributed by atoms with E-state index in [2.05, 4.69) is 0 Å². The molecule has 0 radical (unpaired) electrons. The number of carbonyl (C=O) groups is 1. The predicted octanol–water partition coefficient (Wildman–Crippen LogP) is 3.77. The van der Waals surface area contributed by atoms with Crippen LogP contribution in [0.15, 0.2) is 36.4 Å². The Hall–Kier alpha value is -2.24. The number of hydrogen-bond donors (Lipinski definition) is 1. The lowest BCUT2D eigenvalue weighted by atomic mass is 10.0. The van der Waals surface area contributed by atoms with Crippen molar-refractivity contribution in [1.82, 2.24) is 9.80 Å². The average Bonchev–Trinajstić information content (AvgIpc) is 2.89. The minimum atomic E-state index is -0.207. The summed E-state index contributed by atoms with van der Waals surface area (Å²) in [5, 5.41) is 11.1. The van der Waals surface area contributed by atoms with Gasteiger partial charge < -0.3 is 14.7 Å². The fourth-order valence-corrected chi connectivity index (χ4v) is 3.44. The van der Waals surface area contributed by atoms with Gasteiger partial charge in [0.1, 0.15) is 6.61 Å². The van der Waals surface area contributed by atoms with Crippen molar-refractivity contribution in [3.63, 3.8) is 0 Å². The molecule has 0 aromatic heterocycles. The molecule has 6 heteroatoms. The number of rotatable bonds is 4. The molecule has 0 unspecified atom stereocenters. The molecular formula is C21H25ClN2O3. The molecule has 27 heavy (non-hydrogen) atoms. The zero-order valence-corrected chi connectivity index (χ0v) is 16.7. The number of aromatic hydroxyl groups is 1. The number of phenols is 1. The Morgan fingerprint density at radius 1 is 1.33 bits per heavy atom. The van der Waals surface area contributed by atoms with Gasteiger partial charge in [-0.3, -0.25) is 9.69 Å². The summed E-state index contributed by atoms with van der Waals surface area (Å²) in [4.78, 5) is 16.7. The first-order valence-electron chi connectivity index (χ1n) is 9.14. The van der Waals surface area contributed by atoms with Crippen molar-refractivity contribution < 1.29 is 14.6 Å². The SMILES string of the molecule is CCN(C)[C@@H](C)C(=O)N1CCOc2c(O)cc(-c3cccc(Cl)c3)cc2C1. The topological polar surface area (TPSA) is 53.0 Å². The monoisotopic (exact) mass is 388 g/mol. The van der Waals surface area contributed by atoms with Crippen molar-refractivity contribution in [3.05, 3.63) is 47.0 Å². The van der Waals surface area contributed by atoms with Crippen LogP contribution in [0.3, 0.4) is 0 Å². The van der Waals surface area contributed by atoms with Crippen LogP contribution in [0.2, 0.25) is 5.02 Å². The third-order valence-electron chi connectivity index (χ3n) is 5.10. The second kappa shape index (κ2) is 8.19. The second-order valence-corrected chi connectivity index (χ2v) is 7.29. The number of phenolic OH excluding ortho intramolecular Hbond substituents is 1. The lowest BCUT2D eigenvalue weighted by Gasteiger charge is -2.28. The predicted molar refractivity (Wildman–Crippen MR) is 107 cm³/mol. The normalized spacial score (nSPS) is 15.1. The molecule has 1 heterocycles. The number of fused-ring (bicyclic) bond motifs is 1. The van der Waals surface area contributed by atoms with E-state index in [1.807, 2.05) is 56.1 Å². The summed E-state index contributed by atoms with van der Waals surface area (Å²) >= 11 is 6.10. The number of ether oxygens (including phenoxy) is 1. The van der Waals surface area contributed by atoms with Crippen LogP contribution in [0.5, 0.6) is 11.5 Å². The van der Waals surface area contributed by atoms with Crippen LogP contribution in [0.1, 0.15) is 19.4 Å². The van der Waals surface area contributed by atoms with E-state index in [1.165, 1.54) is 0 Å². The second-order valence-electron chi connectivity index (χ2n) is 6.85. The van der Waals surface area contributed by atoms with Gasteiger partial charge in [-0.2, -0.15) is 0 Å². The van der Waals surface area contributed by atoms with Crippen molar-refractivity contribution in [2.24, 2.45) is 0 Å². The molecule has 0 aliphatic carbocycles. The van der Waals surface area contributed by atoms with Crippen LogP contribution < -0.4 is 4.74 Å². The largest absolute Gasteiger partial charge is 0.504 e. The number of benzene rings is 2. The molecule has 1 atom stereocenters. The lowest BCUT2D eigenvalue weighted by Crippen LogP contribution is -2.46. The highest BCUT2D eigenvalue weighted by Crippen LogP contribution is 2.38. The lowest BCUT2D eigenvalue weighted by molar-refractivity contribution is -0.136. The van der Waals surface area contributed by atoms with Gasteiger partial charge in [0.15, 0.2) is 11.5 Å². The molecule has 1 aliphatic rings. The molecular weight excluding hydrogens is 364 g/mol. The first-order valence-corrected chi connectivity index (χ1v) is 9.52. The third kappa shape index (κ3) is 4.20. The molecule has 1 N–H and O–H groups in total. The Labute approximate surface area is 165 Å². The van der Waals surface area contributed by atoms with Crippen LogP contribution in [0.4, 0.5) is 0 Å². The van der Waals surface area contributed by atoms with Gasteiger partial charge in [-0.25, -0.2) is 0 Å². The molecule has 2 aromatic rings. The highest BCUT2D eigenvalue weighted by Gasteiger charge is 2.27. The molecule has 1 amide bonds. The zero-order chi connectivity index (χ0) is 19.6. The van der Waals surface area contributed by atoms with E-state index in [9.17, 15) is 9.90 Å². The highest BCUT2D eigenvalue weighted by molar-refractivity contribution is 6.30.